The van der Waals surface area contributed by atoms with Gasteiger partial charge in [0.25, 0.3) is 5.91 Å². The number of amides is 1. The Labute approximate surface area is 180 Å². The first-order valence-electron chi connectivity index (χ1n) is 10.4. The van der Waals surface area contributed by atoms with E-state index in [4.69, 9.17) is 14.7 Å². The van der Waals surface area contributed by atoms with E-state index in [1.807, 2.05) is 42.5 Å². The third-order valence-electron chi connectivity index (χ3n) is 5.58. The average Bonchev–Trinajstić information content (AvgIpc) is 3.26. The standard InChI is InChI=1S/C23H23N5O3/c29-19-7-9-27(14-19)21-12-20(25-23(26-21)17-2-1-8-24-13-17)16-3-5-18(6-4-16)28-10-11-31-15-22(28)30/h1-6,8,12-13,19,29H,7,9-11,14-15H2. The molecule has 0 saturated carbocycles. The van der Waals surface area contributed by atoms with E-state index in [0.717, 1.165) is 41.3 Å². The number of β-amino-alcohol motifs (C(OH)–C–C–N with tert-alkyl or cyclic N) is 1. The molecular formula is C23H23N5O3. The highest BCUT2D eigenvalue weighted by Crippen LogP contribution is 2.29. The lowest BCUT2D eigenvalue weighted by atomic mass is 10.1. The summed E-state index contributed by atoms with van der Waals surface area (Å²) < 4.78 is 5.22. The number of aliphatic hydroxyl groups is 1. The van der Waals surface area contributed by atoms with Crippen molar-refractivity contribution < 1.29 is 14.6 Å². The van der Waals surface area contributed by atoms with Gasteiger partial charge in [-0.3, -0.25) is 9.78 Å². The summed E-state index contributed by atoms with van der Waals surface area (Å²) in [4.78, 5) is 29.7. The van der Waals surface area contributed by atoms with Crippen LogP contribution >= 0.6 is 0 Å². The van der Waals surface area contributed by atoms with Gasteiger partial charge in [-0.2, -0.15) is 0 Å². The summed E-state index contributed by atoms with van der Waals surface area (Å²) in [6, 6.07) is 13.5. The molecule has 0 aliphatic carbocycles. The lowest BCUT2D eigenvalue weighted by molar-refractivity contribution is -0.125. The van der Waals surface area contributed by atoms with E-state index in [0.29, 0.717) is 25.5 Å². The molecule has 0 spiro atoms. The van der Waals surface area contributed by atoms with Gasteiger partial charge in [0.15, 0.2) is 5.82 Å². The molecule has 8 heteroatoms. The minimum absolute atomic E-state index is 0.0326. The molecule has 2 saturated heterocycles. The van der Waals surface area contributed by atoms with Crippen LogP contribution in [0.2, 0.25) is 0 Å². The van der Waals surface area contributed by atoms with Crippen molar-refractivity contribution in [1.82, 2.24) is 15.0 Å². The number of morpholine rings is 1. The fraction of sp³-hybridized carbons (Fsp3) is 0.304. The highest BCUT2D eigenvalue weighted by Gasteiger charge is 2.23. The number of benzene rings is 1. The van der Waals surface area contributed by atoms with Crippen LogP contribution in [0.25, 0.3) is 22.6 Å². The Morgan fingerprint density at radius 2 is 1.94 bits per heavy atom. The third-order valence-corrected chi connectivity index (χ3v) is 5.58. The third kappa shape index (κ3) is 4.12. The smallest absolute Gasteiger partial charge is 0.253 e. The fourth-order valence-electron chi connectivity index (χ4n) is 3.92. The summed E-state index contributed by atoms with van der Waals surface area (Å²) in [6.07, 6.45) is 3.85. The minimum atomic E-state index is -0.342. The van der Waals surface area contributed by atoms with Crippen LogP contribution < -0.4 is 9.80 Å². The van der Waals surface area contributed by atoms with Crippen LogP contribution in [0.4, 0.5) is 11.5 Å². The summed E-state index contributed by atoms with van der Waals surface area (Å²) in [5.74, 6) is 1.34. The molecule has 2 fully saturated rings. The molecule has 1 atom stereocenters. The summed E-state index contributed by atoms with van der Waals surface area (Å²) in [5.41, 5.74) is 3.39. The van der Waals surface area contributed by atoms with Gasteiger partial charge >= 0.3 is 0 Å². The van der Waals surface area contributed by atoms with Crippen molar-refractivity contribution in [3.8, 4) is 22.6 Å². The zero-order valence-electron chi connectivity index (χ0n) is 17.0. The van der Waals surface area contributed by atoms with E-state index >= 15 is 0 Å². The van der Waals surface area contributed by atoms with Gasteiger partial charge in [0.05, 0.1) is 18.4 Å². The van der Waals surface area contributed by atoms with Crippen molar-refractivity contribution in [2.24, 2.45) is 0 Å². The number of pyridine rings is 1. The number of aromatic nitrogens is 3. The molecule has 0 radical (unpaired) electrons. The van der Waals surface area contributed by atoms with Crippen molar-refractivity contribution in [2.45, 2.75) is 12.5 Å². The lowest BCUT2D eigenvalue weighted by Crippen LogP contribution is -2.41. The zero-order chi connectivity index (χ0) is 21.2. The van der Waals surface area contributed by atoms with Crippen LogP contribution in [0.15, 0.2) is 54.9 Å². The number of carbonyl (C=O) groups is 1. The maximum atomic E-state index is 12.1. The molecule has 158 valence electrons. The summed E-state index contributed by atoms with van der Waals surface area (Å²) >= 11 is 0. The average molecular weight is 417 g/mol. The van der Waals surface area contributed by atoms with Gasteiger partial charge in [-0.15, -0.1) is 0 Å². The Hall–Kier alpha value is -3.36. The molecule has 5 rings (SSSR count). The SMILES string of the molecule is O=C1COCCN1c1ccc(-c2cc(N3CCC(O)C3)nc(-c3cccnc3)n2)cc1. The molecule has 3 aromatic rings. The molecule has 1 N–H and O–H groups in total. The molecule has 1 amide bonds. The highest BCUT2D eigenvalue weighted by atomic mass is 16.5. The van der Waals surface area contributed by atoms with E-state index in [2.05, 4.69) is 9.88 Å². The largest absolute Gasteiger partial charge is 0.391 e. The van der Waals surface area contributed by atoms with E-state index in [9.17, 15) is 9.90 Å². The maximum Gasteiger partial charge on any atom is 0.253 e. The number of nitrogens with zero attached hydrogens (tertiary/aromatic N) is 5. The number of rotatable bonds is 4. The Morgan fingerprint density at radius 3 is 2.65 bits per heavy atom. The second-order valence-electron chi connectivity index (χ2n) is 7.71. The Kier molecular flexibility index (Phi) is 5.31. The maximum absolute atomic E-state index is 12.1. The predicted octanol–water partition coefficient (Wildman–Crippen LogP) is 2.14. The Bertz CT molecular complexity index is 1070. The van der Waals surface area contributed by atoms with E-state index < -0.39 is 0 Å². The first-order chi connectivity index (χ1) is 15.2. The second kappa shape index (κ2) is 8.41. The van der Waals surface area contributed by atoms with Crippen molar-refractivity contribution in [3.05, 3.63) is 54.9 Å². The number of hydrogen-bond acceptors (Lipinski definition) is 7. The predicted molar refractivity (Wildman–Crippen MR) is 117 cm³/mol. The van der Waals surface area contributed by atoms with Gasteiger partial charge < -0.3 is 19.6 Å². The number of carbonyl (C=O) groups excluding carboxylic acids is 1. The molecule has 31 heavy (non-hydrogen) atoms. The van der Waals surface area contributed by atoms with Crippen LogP contribution in [-0.2, 0) is 9.53 Å². The second-order valence-corrected chi connectivity index (χ2v) is 7.71. The highest BCUT2D eigenvalue weighted by molar-refractivity contribution is 5.95. The van der Waals surface area contributed by atoms with Gasteiger partial charge in [-0.05, 0) is 30.7 Å². The summed E-state index contributed by atoms with van der Waals surface area (Å²) in [5, 5.41) is 9.97. The molecule has 2 aliphatic heterocycles. The van der Waals surface area contributed by atoms with Gasteiger partial charge in [0, 0.05) is 54.9 Å². The molecule has 0 bridgehead atoms. The van der Waals surface area contributed by atoms with Crippen LogP contribution in [0, 0.1) is 0 Å². The Balaban J connectivity index is 1.51. The molecule has 1 unspecified atom stereocenters. The first-order valence-corrected chi connectivity index (χ1v) is 10.4. The molecular weight excluding hydrogens is 394 g/mol. The number of anilines is 2. The van der Waals surface area contributed by atoms with E-state index in [1.165, 1.54) is 0 Å². The lowest BCUT2D eigenvalue weighted by Gasteiger charge is -2.27. The van der Waals surface area contributed by atoms with Crippen molar-refractivity contribution in [3.63, 3.8) is 0 Å². The number of aliphatic hydroxyl groups excluding tert-OH is 1. The van der Waals surface area contributed by atoms with Gasteiger partial charge in [0.1, 0.15) is 12.4 Å². The first kappa shape index (κ1) is 19.6. The quantitative estimate of drug-likeness (QED) is 0.695. The minimum Gasteiger partial charge on any atom is -0.391 e. The number of ether oxygens (including phenoxy) is 1. The van der Waals surface area contributed by atoms with Crippen molar-refractivity contribution >= 4 is 17.4 Å². The molecule has 2 aromatic heterocycles. The van der Waals surface area contributed by atoms with Crippen LogP contribution in [-0.4, -0.2) is 64.9 Å². The van der Waals surface area contributed by atoms with Gasteiger partial charge in [0.2, 0.25) is 0 Å². The summed E-state index contributed by atoms with van der Waals surface area (Å²) in [6.45, 7) is 2.52. The van der Waals surface area contributed by atoms with Crippen LogP contribution in [0.5, 0.6) is 0 Å². The van der Waals surface area contributed by atoms with Gasteiger partial charge in [-0.1, -0.05) is 12.1 Å². The Morgan fingerprint density at radius 1 is 1.06 bits per heavy atom. The molecule has 8 nitrogen and oxygen atoms in total. The topological polar surface area (TPSA) is 91.7 Å². The molecule has 1 aromatic carbocycles. The monoisotopic (exact) mass is 417 g/mol. The zero-order valence-corrected chi connectivity index (χ0v) is 17.0. The van der Waals surface area contributed by atoms with E-state index in [1.54, 1.807) is 17.3 Å². The van der Waals surface area contributed by atoms with Crippen LogP contribution in [0.1, 0.15) is 6.42 Å². The molecule has 2 aliphatic rings. The fourth-order valence-corrected chi connectivity index (χ4v) is 3.92. The number of hydrogen-bond donors (Lipinski definition) is 1. The normalized spacial score (nSPS) is 19.1. The summed E-state index contributed by atoms with van der Waals surface area (Å²) in [7, 11) is 0. The van der Waals surface area contributed by atoms with E-state index in [-0.39, 0.29) is 18.6 Å². The van der Waals surface area contributed by atoms with Crippen molar-refractivity contribution in [1.29, 1.82) is 0 Å². The molecule has 4 heterocycles. The van der Waals surface area contributed by atoms with Gasteiger partial charge in [-0.25, -0.2) is 9.97 Å². The van der Waals surface area contributed by atoms with Crippen molar-refractivity contribution in [2.75, 3.05) is 42.6 Å². The van der Waals surface area contributed by atoms with Crippen LogP contribution in [0.3, 0.4) is 0 Å².